The molecule has 0 aliphatic carbocycles. The van der Waals surface area contributed by atoms with Crippen molar-refractivity contribution in [3.63, 3.8) is 0 Å². The zero-order chi connectivity index (χ0) is 20.3. The fraction of sp³-hybridized carbons (Fsp3) is 0.667. The second-order valence-electron chi connectivity index (χ2n) is 6.83. The van der Waals surface area contributed by atoms with Crippen LogP contribution in [0.5, 0.6) is 5.75 Å². The van der Waals surface area contributed by atoms with E-state index in [2.05, 4.69) is 0 Å². The summed E-state index contributed by atoms with van der Waals surface area (Å²) in [7, 11) is 0. The molecule has 6 N–H and O–H groups in total. The molecule has 1 aromatic rings. The molecule has 1 aromatic carbocycles. The Hall–Kier alpha value is -1.34. The highest BCUT2D eigenvalue weighted by Crippen LogP contribution is 2.29. The standard InChI is InChI=1S/C18H26O10/c19-7-12-10(21)6-11(22)17(26-12)28-16-13(8-20)27-18(15(24)14(16)23)25-9-4-2-1-3-5-9/h1-5,10-24H,6-8H2/t10-,11-,12-,13-,14-,15-,16-,17+,18-/m1/s1. The van der Waals surface area contributed by atoms with Gasteiger partial charge in [-0.15, -0.1) is 0 Å². The lowest BCUT2D eigenvalue weighted by Gasteiger charge is -2.44. The van der Waals surface area contributed by atoms with Crippen molar-refractivity contribution >= 4 is 0 Å². The van der Waals surface area contributed by atoms with E-state index in [1.54, 1.807) is 30.3 Å². The van der Waals surface area contributed by atoms with Gasteiger partial charge in [0.25, 0.3) is 0 Å². The molecule has 2 heterocycles. The molecule has 158 valence electrons. The fourth-order valence-electron chi connectivity index (χ4n) is 3.26. The van der Waals surface area contributed by atoms with Crippen LogP contribution in [0.15, 0.2) is 30.3 Å². The zero-order valence-electron chi connectivity index (χ0n) is 15.0. The average molecular weight is 402 g/mol. The Morgan fingerprint density at radius 2 is 1.46 bits per heavy atom. The summed E-state index contributed by atoms with van der Waals surface area (Å²) in [6, 6.07) is 8.53. The largest absolute Gasteiger partial charge is 0.462 e. The number of para-hydroxylation sites is 1. The maximum absolute atomic E-state index is 10.5. The van der Waals surface area contributed by atoms with E-state index in [4.69, 9.17) is 18.9 Å². The summed E-state index contributed by atoms with van der Waals surface area (Å²) in [6.07, 6.45) is -11.3. The Morgan fingerprint density at radius 3 is 2.11 bits per heavy atom. The molecule has 28 heavy (non-hydrogen) atoms. The van der Waals surface area contributed by atoms with Crippen molar-refractivity contribution in [3.05, 3.63) is 30.3 Å². The number of ether oxygens (including phenoxy) is 4. The molecule has 2 aliphatic heterocycles. The summed E-state index contributed by atoms with van der Waals surface area (Å²) in [5, 5.41) is 59.6. The number of hydrogen-bond acceptors (Lipinski definition) is 10. The van der Waals surface area contributed by atoms with Gasteiger partial charge in [-0.3, -0.25) is 0 Å². The van der Waals surface area contributed by atoms with E-state index in [1.807, 2.05) is 0 Å². The minimum Gasteiger partial charge on any atom is -0.462 e. The van der Waals surface area contributed by atoms with Crippen LogP contribution in [0.2, 0.25) is 0 Å². The number of benzene rings is 1. The smallest absolute Gasteiger partial charge is 0.229 e. The first-order chi connectivity index (χ1) is 13.4. The molecule has 2 aliphatic rings. The molecular formula is C18H26O10. The quantitative estimate of drug-likeness (QED) is 0.306. The van der Waals surface area contributed by atoms with E-state index in [0.29, 0.717) is 5.75 Å². The van der Waals surface area contributed by atoms with Crippen LogP contribution < -0.4 is 4.74 Å². The maximum atomic E-state index is 10.5. The van der Waals surface area contributed by atoms with Gasteiger partial charge in [0.05, 0.1) is 19.3 Å². The fourth-order valence-corrected chi connectivity index (χ4v) is 3.26. The summed E-state index contributed by atoms with van der Waals surface area (Å²) < 4.78 is 22.0. The Labute approximate surface area is 161 Å². The van der Waals surface area contributed by atoms with Gasteiger partial charge in [0.15, 0.2) is 6.29 Å². The zero-order valence-corrected chi connectivity index (χ0v) is 15.0. The van der Waals surface area contributed by atoms with Crippen molar-refractivity contribution < 1.29 is 49.6 Å². The van der Waals surface area contributed by atoms with E-state index in [9.17, 15) is 30.6 Å². The predicted octanol–water partition coefficient (Wildman–Crippen LogP) is -2.28. The first-order valence-corrected chi connectivity index (χ1v) is 9.06. The van der Waals surface area contributed by atoms with Crippen LogP contribution in [0.1, 0.15) is 6.42 Å². The Kier molecular flexibility index (Phi) is 7.20. The van der Waals surface area contributed by atoms with Crippen molar-refractivity contribution in [2.45, 2.75) is 61.7 Å². The van der Waals surface area contributed by atoms with Gasteiger partial charge in [0.1, 0.15) is 42.4 Å². The lowest BCUT2D eigenvalue weighted by Crippen LogP contribution is -2.63. The lowest BCUT2D eigenvalue weighted by atomic mass is 9.98. The van der Waals surface area contributed by atoms with Gasteiger partial charge in [0.2, 0.25) is 6.29 Å². The molecule has 2 saturated heterocycles. The van der Waals surface area contributed by atoms with Gasteiger partial charge in [-0.05, 0) is 12.1 Å². The van der Waals surface area contributed by atoms with Crippen molar-refractivity contribution in [1.82, 2.24) is 0 Å². The molecule has 10 heteroatoms. The monoisotopic (exact) mass is 402 g/mol. The SMILES string of the molecule is OC[C@H]1O[C@@H](Oc2ccccc2)[C@H](O)[C@@H](O)[C@@H]1O[C@@H]1O[C@H](CO)[C@H](O)C[C@H]1O. The summed E-state index contributed by atoms with van der Waals surface area (Å²) in [5.74, 6) is 0.403. The van der Waals surface area contributed by atoms with Gasteiger partial charge < -0.3 is 49.6 Å². The third-order valence-corrected chi connectivity index (χ3v) is 4.82. The van der Waals surface area contributed by atoms with Crippen molar-refractivity contribution in [1.29, 1.82) is 0 Å². The number of rotatable bonds is 6. The molecule has 0 spiro atoms. The summed E-state index contributed by atoms with van der Waals surface area (Å²) >= 11 is 0. The van der Waals surface area contributed by atoms with Crippen molar-refractivity contribution in [2.75, 3.05) is 13.2 Å². The lowest BCUT2D eigenvalue weighted by molar-refractivity contribution is -0.340. The number of aliphatic hydroxyl groups excluding tert-OH is 6. The topological polar surface area (TPSA) is 158 Å². The molecule has 0 bridgehead atoms. The molecular weight excluding hydrogens is 376 g/mol. The summed E-state index contributed by atoms with van der Waals surface area (Å²) in [5.41, 5.74) is 0. The van der Waals surface area contributed by atoms with E-state index in [0.717, 1.165) is 0 Å². The molecule has 0 radical (unpaired) electrons. The van der Waals surface area contributed by atoms with Gasteiger partial charge >= 0.3 is 0 Å². The normalized spacial score (nSPS) is 41.6. The van der Waals surface area contributed by atoms with E-state index in [-0.39, 0.29) is 6.42 Å². The summed E-state index contributed by atoms with van der Waals surface area (Å²) in [6.45, 7) is -1.05. The van der Waals surface area contributed by atoms with Gasteiger partial charge in [-0.1, -0.05) is 18.2 Å². The highest BCUT2D eigenvalue weighted by atomic mass is 16.7. The van der Waals surface area contributed by atoms with Gasteiger partial charge in [0, 0.05) is 6.42 Å². The van der Waals surface area contributed by atoms with Crippen LogP contribution >= 0.6 is 0 Å². The minimum atomic E-state index is -1.52. The first-order valence-electron chi connectivity index (χ1n) is 9.06. The van der Waals surface area contributed by atoms with E-state index >= 15 is 0 Å². The first kappa shape index (κ1) is 21.4. The molecule has 2 fully saturated rings. The van der Waals surface area contributed by atoms with Crippen LogP contribution in [-0.2, 0) is 14.2 Å². The van der Waals surface area contributed by atoms with Crippen LogP contribution in [0.3, 0.4) is 0 Å². The van der Waals surface area contributed by atoms with Gasteiger partial charge in [-0.2, -0.15) is 0 Å². The molecule has 10 nitrogen and oxygen atoms in total. The Morgan fingerprint density at radius 1 is 0.821 bits per heavy atom. The van der Waals surface area contributed by atoms with Crippen LogP contribution in [-0.4, -0.2) is 99.2 Å². The molecule has 0 saturated carbocycles. The van der Waals surface area contributed by atoms with E-state index in [1.165, 1.54) is 0 Å². The third-order valence-electron chi connectivity index (χ3n) is 4.82. The van der Waals surface area contributed by atoms with Crippen molar-refractivity contribution in [3.8, 4) is 5.75 Å². The maximum Gasteiger partial charge on any atom is 0.229 e. The molecule has 0 aromatic heterocycles. The van der Waals surface area contributed by atoms with Gasteiger partial charge in [-0.25, -0.2) is 0 Å². The highest BCUT2D eigenvalue weighted by molar-refractivity contribution is 5.21. The van der Waals surface area contributed by atoms with Crippen LogP contribution in [0.25, 0.3) is 0 Å². The minimum absolute atomic E-state index is 0.106. The second-order valence-corrected chi connectivity index (χ2v) is 6.83. The van der Waals surface area contributed by atoms with Crippen LogP contribution in [0, 0.1) is 0 Å². The summed E-state index contributed by atoms with van der Waals surface area (Å²) in [4.78, 5) is 0. The molecule has 0 unspecified atom stereocenters. The average Bonchev–Trinajstić information content (AvgIpc) is 2.70. The Bertz CT molecular complexity index is 599. The van der Waals surface area contributed by atoms with Crippen molar-refractivity contribution in [2.24, 2.45) is 0 Å². The predicted molar refractivity (Wildman–Crippen MR) is 92.1 cm³/mol. The van der Waals surface area contributed by atoms with Crippen LogP contribution in [0.4, 0.5) is 0 Å². The van der Waals surface area contributed by atoms with E-state index < -0.39 is 68.5 Å². The highest BCUT2D eigenvalue weighted by Gasteiger charge is 2.49. The molecule has 9 atom stereocenters. The second kappa shape index (κ2) is 9.44. The number of hydrogen-bond donors (Lipinski definition) is 6. The third kappa shape index (κ3) is 4.62. The molecule has 0 amide bonds. The Balaban J connectivity index is 1.68. The number of aliphatic hydroxyl groups is 6. The molecule has 3 rings (SSSR count).